The van der Waals surface area contributed by atoms with Crippen LogP contribution in [0.4, 0.5) is 5.69 Å². The highest BCUT2D eigenvalue weighted by Crippen LogP contribution is 2.26. The van der Waals surface area contributed by atoms with Crippen molar-refractivity contribution < 1.29 is 9.53 Å². The van der Waals surface area contributed by atoms with Crippen molar-refractivity contribution in [2.75, 3.05) is 5.73 Å². The number of rotatable bonds is 2. The topological polar surface area (TPSA) is 78.3 Å². The van der Waals surface area contributed by atoms with E-state index in [1.807, 2.05) is 20.8 Å². The molecule has 1 amide bonds. The van der Waals surface area contributed by atoms with E-state index in [1.54, 1.807) is 18.2 Å². The van der Waals surface area contributed by atoms with E-state index in [4.69, 9.17) is 16.2 Å². The summed E-state index contributed by atoms with van der Waals surface area (Å²) in [5.41, 5.74) is 11.4. The molecule has 0 radical (unpaired) electrons. The normalized spacial score (nSPS) is 11.1. The smallest absolute Gasteiger partial charge is 0.248 e. The number of carbonyl (C=O) groups is 1. The van der Waals surface area contributed by atoms with Gasteiger partial charge in [-0.25, -0.2) is 0 Å². The van der Waals surface area contributed by atoms with Crippen LogP contribution in [0.1, 0.15) is 31.1 Å². The maximum atomic E-state index is 11.0. The van der Waals surface area contributed by atoms with Crippen molar-refractivity contribution in [1.29, 1.82) is 0 Å². The first kappa shape index (κ1) is 11.4. The van der Waals surface area contributed by atoms with Gasteiger partial charge in [-0.05, 0) is 39.0 Å². The molecular weight excluding hydrogens is 192 g/mol. The molecule has 1 aromatic carbocycles. The first-order chi connectivity index (χ1) is 6.79. The molecule has 0 spiro atoms. The molecule has 0 aliphatic rings. The van der Waals surface area contributed by atoms with Crippen LogP contribution < -0.4 is 16.2 Å². The van der Waals surface area contributed by atoms with E-state index in [2.05, 4.69) is 0 Å². The molecule has 0 unspecified atom stereocenters. The molecule has 0 saturated carbocycles. The molecule has 0 bridgehead atoms. The summed E-state index contributed by atoms with van der Waals surface area (Å²) in [4.78, 5) is 11.0. The Hall–Kier alpha value is -1.71. The maximum absolute atomic E-state index is 11.0. The Labute approximate surface area is 89.2 Å². The van der Waals surface area contributed by atoms with Gasteiger partial charge in [0.15, 0.2) is 0 Å². The molecule has 4 N–H and O–H groups in total. The molecule has 15 heavy (non-hydrogen) atoms. The van der Waals surface area contributed by atoms with Gasteiger partial charge in [-0.3, -0.25) is 4.79 Å². The third-order valence-electron chi connectivity index (χ3n) is 1.71. The third kappa shape index (κ3) is 3.16. The lowest BCUT2D eigenvalue weighted by Gasteiger charge is -2.22. The van der Waals surface area contributed by atoms with E-state index in [9.17, 15) is 4.79 Å². The minimum Gasteiger partial charge on any atom is -0.486 e. The Morgan fingerprint density at radius 3 is 2.40 bits per heavy atom. The average Bonchev–Trinajstić information content (AvgIpc) is 2.06. The van der Waals surface area contributed by atoms with Gasteiger partial charge in [-0.2, -0.15) is 0 Å². The standard InChI is InChI=1S/C11H16N2O2/c1-11(2,3)15-9-6-7(10(13)14)4-5-8(9)12/h4-6H,12H2,1-3H3,(H2,13,14). The molecule has 82 valence electrons. The second-order valence-electron chi connectivity index (χ2n) is 4.33. The lowest BCUT2D eigenvalue weighted by molar-refractivity contribution is 0.0997. The third-order valence-corrected chi connectivity index (χ3v) is 1.71. The molecule has 1 aromatic rings. The van der Waals surface area contributed by atoms with Crippen molar-refractivity contribution in [1.82, 2.24) is 0 Å². The van der Waals surface area contributed by atoms with Gasteiger partial charge in [0.25, 0.3) is 0 Å². The van der Waals surface area contributed by atoms with Crippen molar-refractivity contribution >= 4 is 11.6 Å². The summed E-state index contributed by atoms with van der Waals surface area (Å²) in [5.74, 6) is -0.00689. The molecule has 0 heterocycles. The zero-order valence-corrected chi connectivity index (χ0v) is 9.20. The number of amides is 1. The van der Waals surface area contributed by atoms with E-state index in [0.717, 1.165) is 0 Å². The van der Waals surface area contributed by atoms with Crippen LogP contribution in [0.5, 0.6) is 5.75 Å². The Balaban J connectivity index is 3.06. The van der Waals surface area contributed by atoms with Gasteiger partial charge < -0.3 is 16.2 Å². The number of hydrogen-bond donors (Lipinski definition) is 2. The van der Waals surface area contributed by atoms with Crippen LogP contribution in [0.2, 0.25) is 0 Å². The molecule has 0 saturated heterocycles. The number of nitrogen functional groups attached to an aromatic ring is 1. The van der Waals surface area contributed by atoms with E-state index < -0.39 is 5.91 Å². The number of nitrogens with two attached hydrogens (primary N) is 2. The van der Waals surface area contributed by atoms with Gasteiger partial charge in [0.1, 0.15) is 11.4 Å². The highest BCUT2D eigenvalue weighted by atomic mass is 16.5. The Morgan fingerprint density at radius 1 is 1.33 bits per heavy atom. The van der Waals surface area contributed by atoms with Crippen LogP contribution in [-0.4, -0.2) is 11.5 Å². The fourth-order valence-electron chi connectivity index (χ4n) is 1.11. The molecule has 1 rings (SSSR count). The van der Waals surface area contributed by atoms with Crippen molar-refractivity contribution in [3.8, 4) is 5.75 Å². The SMILES string of the molecule is CC(C)(C)Oc1cc(C(N)=O)ccc1N. The van der Waals surface area contributed by atoms with Gasteiger partial charge in [-0.15, -0.1) is 0 Å². The molecule has 4 heteroatoms. The summed E-state index contributed by atoms with van der Waals surface area (Å²) in [6.45, 7) is 5.72. The van der Waals surface area contributed by atoms with Crippen LogP contribution in [0.15, 0.2) is 18.2 Å². The first-order valence-electron chi connectivity index (χ1n) is 4.68. The van der Waals surface area contributed by atoms with E-state index >= 15 is 0 Å². The second kappa shape index (κ2) is 3.81. The number of anilines is 1. The van der Waals surface area contributed by atoms with Gasteiger partial charge in [0.2, 0.25) is 5.91 Å². The zero-order chi connectivity index (χ0) is 11.6. The number of carbonyl (C=O) groups excluding carboxylic acids is 1. The number of ether oxygens (including phenoxy) is 1. The Bertz CT molecular complexity index is 381. The molecule has 4 nitrogen and oxygen atoms in total. The fourth-order valence-corrected chi connectivity index (χ4v) is 1.11. The van der Waals surface area contributed by atoms with Crippen LogP contribution in [0, 0.1) is 0 Å². The Morgan fingerprint density at radius 2 is 1.93 bits per heavy atom. The predicted octanol–water partition coefficient (Wildman–Crippen LogP) is 1.54. The van der Waals surface area contributed by atoms with Crippen molar-refractivity contribution in [3.63, 3.8) is 0 Å². The summed E-state index contributed by atoms with van der Waals surface area (Å²) in [5, 5.41) is 0. The number of primary amides is 1. The lowest BCUT2D eigenvalue weighted by atomic mass is 10.1. The number of hydrogen-bond acceptors (Lipinski definition) is 3. The van der Waals surface area contributed by atoms with Crippen LogP contribution >= 0.6 is 0 Å². The lowest BCUT2D eigenvalue weighted by Crippen LogP contribution is -2.24. The van der Waals surface area contributed by atoms with Gasteiger partial charge >= 0.3 is 0 Å². The summed E-state index contributed by atoms with van der Waals surface area (Å²) < 4.78 is 5.59. The second-order valence-corrected chi connectivity index (χ2v) is 4.33. The largest absolute Gasteiger partial charge is 0.486 e. The molecule has 0 atom stereocenters. The molecule has 0 aliphatic carbocycles. The highest BCUT2D eigenvalue weighted by molar-refractivity contribution is 5.93. The zero-order valence-electron chi connectivity index (χ0n) is 9.20. The summed E-state index contributed by atoms with van der Waals surface area (Å²) >= 11 is 0. The maximum Gasteiger partial charge on any atom is 0.248 e. The van der Waals surface area contributed by atoms with E-state index in [-0.39, 0.29) is 5.60 Å². The molecule has 0 fully saturated rings. The molecule has 0 aliphatic heterocycles. The fraction of sp³-hybridized carbons (Fsp3) is 0.364. The predicted molar refractivity (Wildman–Crippen MR) is 59.8 cm³/mol. The van der Waals surface area contributed by atoms with Gasteiger partial charge in [-0.1, -0.05) is 0 Å². The summed E-state index contributed by atoms with van der Waals surface area (Å²) in [6.07, 6.45) is 0. The van der Waals surface area contributed by atoms with E-state index in [0.29, 0.717) is 17.0 Å². The summed E-state index contributed by atoms with van der Waals surface area (Å²) in [7, 11) is 0. The quantitative estimate of drug-likeness (QED) is 0.724. The minimum absolute atomic E-state index is 0.357. The molecule has 0 aromatic heterocycles. The highest BCUT2D eigenvalue weighted by Gasteiger charge is 2.14. The monoisotopic (exact) mass is 208 g/mol. The first-order valence-corrected chi connectivity index (χ1v) is 4.68. The summed E-state index contributed by atoms with van der Waals surface area (Å²) in [6, 6.07) is 4.75. The number of benzene rings is 1. The van der Waals surface area contributed by atoms with Crippen molar-refractivity contribution in [2.45, 2.75) is 26.4 Å². The van der Waals surface area contributed by atoms with Crippen LogP contribution in [0.3, 0.4) is 0 Å². The average molecular weight is 208 g/mol. The van der Waals surface area contributed by atoms with Crippen LogP contribution in [-0.2, 0) is 0 Å². The van der Waals surface area contributed by atoms with E-state index in [1.165, 1.54) is 0 Å². The Kier molecular flexibility index (Phi) is 2.88. The van der Waals surface area contributed by atoms with Gasteiger partial charge in [0, 0.05) is 5.56 Å². The van der Waals surface area contributed by atoms with Gasteiger partial charge in [0.05, 0.1) is 5.69 Å². The van der Waals surface area contributed by atoms with Crippen molar-refractivity contribution in [3.05, 3.63) is 23.8 Å². The van der Waals surface area contributed by atoms with Crippen molar-refractivity contribution in [2.24, 2.45) is 5.73 Å². The minimum atomic E-state index is -0.492. The van der Waals surface area contributed by atoms with Crippen LogP contribution in [0.25, 0.3) is 0 Å². The molecular formula is C11H16N2O2.